The lowest BCUT2D eigenvalue weighted by molar-refractivity contribution is -0.148. The Kier molecular flexibility index (Phi) is 11.4. The molecule has 5 atom stereocenters. The van der Waals surface area contributed by atoms with Crippen molar-refractivity contribution in [1.82, 2.24) is 19.8 Å². The van der Waals surface area contributed by atoms with Gasteiger partial charge in [0, 0.05) is 31.8 Å². The standard InChI is InChI=1S/C36H49N5O10S/c1-6-22-20-36(22,33(46)39-52(48,49)24-14-15-24)38-30(43)28-18-23(51-34(47)37-27-13-9-8-12-25(27)32(45)50-5)21-41(28)31(44)26(35(2,3)4)19-29(42)40-16-10-7-11-17-40/h6,8-9,12-13,22-24,26,28H,1,7,10-11,14-21H2,2-5H3,(H,37,47)(H,38,43)(H,39,46)/t22?,23-,26-,28+,36?/m1/s1. The van der Waals surface area contributed by atoms with Crippen LogP contribution in [0.1, 0.15) is 82.5 Å². The van der Waals surface area contributed by atoms with Gasteiger partial charge in [-0.25, -0.2) is 18.0 Å². The number of rotatable bonds is 12. The summed E-state index contributed by atoms with van der Waals surface area (Å²) in [6.45, 7) is 10.3. The fourth-order valence-corrected chi connectivity index (χ4v) is 8.34. The molecule has 5 amide bonds. The van der Waals surface area contributed by atoms with E-state index in [0.717, 1.165) is 19.3 Å². The molecule has 2 aliphatic heterocycles. The van der Waals surface area contributed by atoms with E-state index in [1.165, 1.54) is 30.2 Å². The molecular formula is C36H49N5O10S. The number of ether oxygens (including phenoxy) is 2. The van der Waals surface area contributed by atoms with E-state index in [1.54, 1.807) is 17.0 Å². The molecule has 2 unspecified atom stereocenters. The van der Waals surface area contributed by atoms with Crippen molar-refractivity contribution in [1.29, 1.82) is 0 Å². The number of benzene rings is 1. The number of esters is 1. The van der Waals surface area contributed by atoms with Crippen molar-refractivity contribution in [2.75, 3.05) is 32.1 Å². The summed E-state index contributed by atoms with van der Waals surface area (Å²) in [6.07, 6.45) is 3.02. The zero-order valence-corrected chi connectivity index (χ0v) is 31.0. The van der Waals surface area contributed by atoms with E-state index in [4.69, 9.17) is 9.47 Å². The normalized spacial score (nSPS) is 25.0. The van der Waals surface area contributed by atoms with Gasteiger partial charge in [0.2, 0.25) is 27.7 Å². The van der Waals surface area contributed by atoms with Crippen molar-refractivity contribution in [3.8, 4) is 0 Å². The SMILES string of the molecule is C=CC1CC1(NC(=O)[C@@H]1C[C@@H](OC(=O)Nc2ccccc2C(=O)OC)CN1C(=O)[C@@H](CC(=O)N1CCCCC1)C(C)(C)C)C(=O)NS(=O)(=O)C1CC1. The Balaban J connectivity index is 1.38. The van der Waals surface area contributed by atoms with Crippen LogP contribution in [0.15, 0.2) is 36.9 Å². The van der Waals surface area contributed by atoms with Gasteiger partial charge in [-0.2, -0.15) is 0 Å². The van der Waals surface area contributed by atoms with E-state index in [1.807, 2.05) is 20.8 Å². The molecule has 2 saturated heterocycles. The highest BCUT2D eigenvalue weighted by Crippen LogP contribution is 2.45. The van der Waals surface area contributed by atoms with Gasteiger partial charge in [-0.05, 0) is 56.1 Å². The van der Waals surface area contributed by atoms with Gasteiger partial charge in [0.15, 0.2) is 0 Å². The third-order valence-corrected chi connectivity index (χ3v) is 12.2. The number of piperidine rings is 1. The van der Waals surface area contributed by atoms with Crippen LogP contribution in [0.25, 0.3) is 0 Å². The van der Waals surface area contributed by atoms with Gasteiger partial charge in [0.25, 0.3) is 5.91 Å². The number of nitrogens with zero attached hydrogens (tertiary/aromatic N) is 2. The lowest BCUT2D eigenvalue weighted by atomic mass is 9.77. The van der Waals surface area contributed by atoms with E-state index in [9.17, 15) is 37.2 Å². The van der Waals surface area contributed by atoms with E-state index in [0.29, 0.717) is 25.9 Å². The summed E-state index contributed by atoms with van der Waals surface area (Å²) in [4.78, 5) is 83.9. The van der Waals surface area contributed by atoms with E-state index < -0.39 is 80.0 Å². The maximum Gasteiger partial charge on any atom is 0.411 e. The summed E-state index contributed by atoms with van der Waals surface area (Å²) in [7, 11) is -2.72. The first-order valence-electron chi connectivity index (χ1n) is 17.7. The second-order valence-electron chi connectivity index (χ2n) is 15.2. The van der Waals surface area contributed by atoms with Crippen molar-refractivity contribution in [2.45, 2.75) is 95.1 Å². The van der Waals surface area contributed by atoms with Crippen LogP contribution >= 0.6 is 0 Å². The minimum absolute atomic E-state index is 0.0855. The number of anilines is 1. The molecule has 2 aliphatic carbocycles. The number of hydrogen-bond donors (Lipinski definition) is 3. The molecule has 15 nitrogen and oxygen atoms in total. The maximum atomic E-state index is 14.5. The summed E-state index contributed by atoms with van der Waals surface area (Å²) < 4.78 is 37.9. The van der Waals surface area contributed by atoms with Crippen LogP contribution in [0.4, 0.5) is 10.5 Å². The van der Waals surface area contributed by atoms with Gasteiger partial charge >= 0.3 is 12.1 Å². The molecule has 5 rings (SSSR count). The quantitative estimate of drug-likeness (QED) is 0.212. The van der Waals surface area contributed by atoms with Crippen molar-refractivity contribution in [3.63, 3.8) is 0 Å². The molecule has 0 aromatic heterocycles. The predicted octanol–water partition coefficient (Wildman–Crippen LogP) is 2.73. The summed E-state index contributed by atoms with van der Waals surface area (Å²) in [5.41, 5.74) is -2.10. The van der Waals surface area contributed by atoms with Gasteiger partial charge in [0.1, 0.15) is 17.7 Å². The molecule has 2 saturated carbocycles. The number of amides is 5. The predicted molar refractivity (Wildman–Crippen MR) is 189 cm³/mol. The largest absolute Gasteiger partial charge is 0.465 e. The number of carbonyl (C=O) groups is 6. The number of methoxy groups -OCH3 is 1. The Morgan fingerprint density at radius 3 is 2.33 bits per heavy atom. The number of sulfonamides is 1. The zero-order chi connectivity index (χ0) is 38.0. The van der Waals surface area contributed by atoms with Crippen LogP contribution in [0.2, 0.25) is 0 Å². The Hall–Kier alpha value is -4.47. The Morgan fingerprint density at radius 2 is 1.73 bits per heavy atom. The molecule has 0 radical (unpaired) electrons. The molecular weight excluding hydrogens is 694 g/mol. The lowest BCUT2D eigenvalue weighted by Gasteiger charge is -2.36. The van der Waals surface area contributed by atoms with E-state index in [-0.39, 0.29) is 43.0 Å². The minimum Gasteiger partial charge on any atom is -0.465 e. The molecule has 0 bridgehead atoms. The average molecular weight is 744 g/mol. The number of hydrogen-bond acceptors (Lipinski definition) is 10. The van der Waals surface area contributed by atoms with Gasteiger partial charge in [-0.1, -0.05) is 39.0 Å². The number of para-hydroxylation sites is 1. The average Bonchev–Trinajstić information content (AvgIpc) is 4.03. The monoisotopic (exact) mass is 743 g/mol. The molecule has 0 spiro atoms. The fraction of sp³-hybridized carbons (Fsp3) is 0.611. The topological polar surface area (TPSA) is 198 Å². The van der Waals surface area contributed by atoms with E-state index >= 15 is 0 Å². The van der Waals surface area contributed by atoms with Crippen molar-refractivity contribution >= 4 is 51.4 Å². The number of carbonyl (C=O) groups excluding carboxylic acids is 6. The minimum atomic E-state index is -3.93. The molecule has 4 aliphatic rings. The van der Waals surface area contributed by atoms with Crippen LogP contribution in [0.3, 0.4) is 0 Å². The Morgan fingerprint density at radius 1 is 1.06 bits per heavy atom. The first-order chi connectivity index (χ1) is 24.5. The van der Waals surface area contributed by atoms with Crippen LogP contribution < -0.4 is 15.4 Å². The molecule has 1 aromatic carbocycles. The first-order valence-corrected chi connectivity index (χ1v) is 19.3. The third-order valence-electron chi connectivity index (χ3n) is 10.4. The third kappa shape index (κ3) is 8.59. The van der Waals surface area contributed by atoms with Gasteiger partial charge in [0.05, 0.1) is 36.1 Å². The molecule has 1 aromatic rings. The second-order valence-corrected chi connectivity index (χ2v) is 17.1. The number of likely N-dealkylation sites (tertiary alicyclic amines) is 2. The molecule has 4 fully saturated rings. The molecule has 284 valence electrons. The lowest BCUT2D eigenvalue weighted by Crippen LogP contribution is -2.57. The smallest absolute Gasteiger partial charge is 0.411 e. The molecule has 3 N–H and O–H groups in total. The fourth-order valence-electron chi connectivity index (χ4n) is 6.98. The molecule has 16 heteroatoms. The van der Waals surface area contributed by atoms with Crippen LogP contribution in [-0.2, 0) is 38.7 Å². The summed E-state index contributed by atoms with van der Waals surface area (Å²) in [5, 5.41) is 4.58. The van der Waals surface area contributed by atoms with Crippen molar-refractivity contribution in [2.24, 2.45) is 17.3 Å². The van der Waals surface area contributed by atoms with Gasteiger partial charge < -0.3 is 24.6 Å². The molecule has 2 heterocycles. The highest BCUT2D eigenvalue weighted by Gasteiger charge is 2.62. The summed E-state index contributed by atoms with van der Waals surface area (Å²) >= 11 is 0. The summed E-state index contributed by atoms with van der Waals surface area (Å²) in [6, 6.07) is 4.91. The van der Waals surface area contributed by atoms with Crippen molar-refractivity contribution < 1.29 is 46.7 Å². The molecule has 52 heavy (non-hydrogen) atoms. The highest BCUT2D eigenvalue weighted by molar-refractivity contribution is 7.91. The summed E-state index contributed by atoms with van der Waals surface area (Å²) in [5.74, 6) is -4.37. The zero-order valence-electron chi connectivity index (χ0n) is 30.1. The second kappa shape index (κ2) is 15.2. The van der Waals surface area contributed by atoms with Gasteiger partial charge in [-0.15, -0.1) is 6.58 Å². The maximum absolute atomic E-state index is 14.5. The van der Waals surface area contributed by atoms with Gasteiger partial charge in [-0.3, -0.25) is 29.2 Å². The van der Waals surface area contributed by atoms with Crippen LogP contribution in [-0.4, -0.2) is 104 Å². The Bertz CT molecular complexity index is 1720. The number of nitrogens with one attached hydrogen (secondary N) is 3. The van der Waals surface area contributed by atoms with Crippen molar-refractivity contribution in [3.05, 3.63) is 42.5 Å². The van der Waals surface area contributed by atoms with Crippen LogP contribution in [0.5, 0.6) is 0 Å². The first kappa shape index (κ1) is 38.8. The highest BCUT2D eigenvalue weighted by atomic mass is 32.2. The van der Waals surface area contributed by atoms with E-state index in [2.05, 4.69) is 21.9 Å². The Labute approximate surface area is 304 Å². The van der Waals surface area contributed by atoms with Crippen LogP contribution in [0, 0.1) is 17.3 Å².